The van der Waals surface area contributed by atoms with Gasteiger partial charge in [-0.3, -0.25) is 4.79 Å². The third kappa shape index (κ3) is 4.99. The van der Waals surface area contributed by atoms with Crippen molar-refractivity contribution >= 4 is 57.3 Å². The predicted molar refractivity (Wildman–Crippen MR) is 100 cm³/mol. The standard InChI is InChI=1S/C15H16Cl2N4OS2/c1-8(11-5-2-9(16)6-12(11)17)18-13(22)7-23-15-21-20-14(24-15)19-10-3-4-10/h2,5-6,8,10H,3-4,7H2,1H3,(H,18,22)(H,19,20). The van der Waals surface area contributed by atoms with Gasteiger partial charge in [0, 0.05) is 16.1 Å². The van der Waals surface area contributed by atoms with E-state index in [1.54, 1.807) is 12.1 Å². The maximum absolute atomic E-state index is 12.1. The normalized spacial score (nSPS) is 15.1. The van der Waals surface area contributed by atoms with Crippen molar-refractivity contribution in [3.05, 3.63) is 33.8 Å². The Labute approximate surface area is 158 Å². The van der Waals surface area contributed by atoms with Crippen LogP contribution in [0.4, 0.5) is 5.13 Å². The number of thioether (sulfide) groups is 1. The molecule has 3 rings (SSSR count). The number of hydrogen-bond donors (Lipinski definition) is 2. The van der Waals surface area contributed by atoms with Gasteiger partial charge in [-0.1, -0.05) is 52.4 Å². The van der Waals surface area contributed by atoms with Gasteiger partial charge >= 0.3 is 0 Å². The minimum absolute atomic E-state index is 0.0783. The molecule has 0 bridgehead atoms. The fourth-order valence-electron chi connectivity index (χ4n) is 2.07. The van der Waals surface area contributed by atoms with Gasteiger partial charge in [0.25, 0.3) is 0 Å². The van der Waals surface area contributed by atoms with Crippen molar-refractivity contribution in [3.63, 3.8) is 0 Å². The predicted octanol–water partition coefficient (Wildman–Crippen LogP) is 4.39. The second kappa shape index (κ2) is 7.91. The van der Waals surface area contributed by atoms with Gasteiger partial charge in [-0.25, -0.2) is 0 Å². The number of carbonyl (C=O) groups is 1. The van der Waals surface area contributed by atoms with Gasteiger partial charge in [-0.2, -0.15) is 0 Å². The summed E-state index contributed by atoms with van der Waals surface area (Å²) in [5.74, 6) is 0.207. The number of benzene rings is 1. The molecule has 5 nitrogen and oxygen atoms in total. The van der Waals surface area contributed by atoms with E-state index >= 15 is 0 Å². The number of halogens is 2. The molecule has 1 unspecified atom stereocenters. The lowest BCUT2D eigenvalue weighted by molar-refractivity contribution is -0.119. The highest BCUT2D eigenvalue weighted by Gasteiger charge is 2.22. The number of carbonyl (C=O) groups excluding carboxylic acids is 1. The first-order valence-electron chi connectivity index (χ1n) is 7.48. The Hall–Kier alpha value is -1.02. The summed E-state index contributed by atoms with van der Waals surface area (Å²) in [6.07, 6.45) is 2.38. The van der Waals surface area contributed by atoms with Crippen LogP contribution < -0.4 is 10.6 Å². The lowest BCUT2D eigenvalue weighted by Gasteiger charge is -2.15. The van der Waals surface area contributed by atoms with E-state index < -0.39 is 0 Å². The molecule has 2 aromatic rings. The minimum Gasteiger partial charge on any atom is -0.357 e. The molecule has 1 aromatic carbocycles. The molecule has 1 heterocycles. The number of nitrogens with one attached hydrogen (secondary N) is 2. The lowest BCUT2D eigenvalue weighted by atomic mass is 10.1. The van der Waals surface area contributed by atoms with Crippen LogP contribution in [0, 0.1) is 0 Å². The van der Waals surface area contributed by atoms with Crippen LogP contribution in [-0.4, -0.2) is 27.9 Å². The van der Waals surface area contributed by atoms with E-state index in [-0.39, 0.29) is 17.7 Å². The second-order valence-corrected chi connectivity index (χ2v) is 8.58. The molecule has 1 aliphatic rings. The number of anilines is 1. The van der Waals surface area contributed by atoms with Crippen molar-refractivity contribution in [3.8, 4) is 0 Å². The van der Waals surface area contributed by atoms with Crippen LogP contribution in [0.25, 0.3) is 0 Å². The first-order valence-corrected chi connectivity index (χ1v) is 10.0. The monoisotopic (exact) mass is 402 g/mol. The fourth-order valence-corrected chi connectivity index (χ4v) is 4.28. The summed E-state index contributed by atoms with van der Waals surface area (Å²) in [5.41, 5.74) is 0.839. The SMILES string of the molecule is CC(NC(=O)CSc1nnc(NC2CC2)s1)c1ccc(Cl)cc1Cl. The minimum atomic E-state index is -0.190. The zero-order valence-electron chi connectivity index (χ0n) is 12.9. The van der Waals surface area contributed by atoms with E-state index in [1.165, 1.54) is 35.9 Å². The van der Waals surface area contributed by atoms with Crippen molar-refractivity contribution in [2.75, 3.05) is 11.1 Å². The van der Waals surface area contributed by atoms with E-state index in [4.69, 9.17) is 23.2 Å². The number of rotatable bonds is 7. The molecule has 128 valence electrons. The quantitative estimate of drug-likeness (QED) is 0.672. The molecule has 1 fully saturated rings. The Morgan fingerprint density at radius 2 is 2.21 bits per heavy atom. The maximum atomic E-state index is 12.1. The molecule has 2 N–H and O–H groups in total. The third-order valence-electron chi connectivity index (χ3n) is 3.44. The number of hydrogen-bond acceptors (Lipinski definition) is 6. The van der Waals surface area contributed by atoms with Gasteiger partial charge in [0.1, 0.15) is 0 Å². The second-order valence-electron chi connectivity index (χ2n) is 5.54. The van der Waals surface area contributed by atoms with Crippen LogP contribution in [0.3, 0.4) is 0 Å². The molecule has 1 atom stereocenters. The Kier molecular flexibility index (Phi) is 5.86. The number of aromatic nitrogens is 2. The van der Waals surface area contributed by atoms with Gasteiger partial charge in [0.05, 0.1) is 11.8 Å². The topological polar surface area (TPSA) is 66.9 Å². The smallest absolute Gasteiger partial charge is 0.230 e. The summed E-state index contributed by atoms with van der Waals surface area (Å²) < 4.78 is 0.783. The first-order chi connectivity index (χ1) is 11.5. The molecule has 0 aliphatic heterocycles. The molecule has 1 saturated carbocycles. The molecule has 0 spiro atoms. The highest BCUT2D eigenvalue weighted by Crippen LogP contribution is 2.30. The van der Waals surface area contributed by atoms with Gasteiger partial charge in [0.2, 0.25) is 11.0 Å². The van der Waals surface area contributed by atoms with Gasteiger partial charge in [-0.15, -0.1) is 10.2 Å². The van der Waals surface area contributed by atoms with Gasteiger partial charge < -0.3 is 10.6 Å². The summed E-state index contributed by atoms with van der Waals surface area (Å²) in [7, 11) is 0. The average Bonchev–Trinajstić information content (AvgIpc) is 3.21. The summed E-state index contributed by atoms with van der Waals surface area (Å²) in [4.78, 5) is 12.1. The van der Waals surface area contributed by atoms with Crippen LogP contribution in [0.15, 0.2) is 22.5 Å². The zero-order valence-corrected chi connectivity index (χ0v) is 16.0. The summed E-state index contributed by atoms with van der Waals surface area (Å²) in [5, 5.41) is 16.3. The van der Waals surface area contributed by atoms with Crippen molar-refractivity contribution in [2.24, 2.45) is 0 Å². The third-order valence-corrected chi connectivity index (χ3v) is 5.99. The summed E-state index contributed by atoms with van der Waals surface area (Å²) >= 11 is 14.9. The largest absolute Gasteiger partial charge is 0.357 e. The molecule has 9 heteroatoms. The van der Waals surface area contributed by atoms with E-state index in [2.05, 4.69) is 20.8 Å². The molecular weight excluding hydrogens is 387 g/mol. The Morgan fingerprint density at radius 3 is 2.92 bits per heavy atom. The van der Waals surface area contributed by atoms with Crippen molar-refractivity contribution in [1.29, 1.82) is 0 Å². The Morgan fingerprint density at radius 1 is 1.42 bits per heavy atom. The van der Waals surface area contributed by atoms with Gasteiger partial charge in [-0.05, 0) is 37.5 Å². The Bertz CT molecular complexity index is 736. The van der Waals surface area contributed by atoms with Crippen LogP contribution in [0.5, 0.6) is 0 Å². The molecule has 0 saturated heterocycles. The fraction of sp³-hybridized carbons (Fsp3) is 0.400. The van der Waals surface area contributed by atoms with E-state index in [1.807, 2.05) is 13.0 Å². The highest BCUT2D eigenvalue weighted by molar-refractivity contribution is 8.01. The molecule has 1 aromatic heterocycles. The Balaban J connectivity index is 1.48. The average molecular weight is 403 g/mol. The maximum Gasteiger partial charge on any atom is 0.230 e. The first kappa shape index (κ1) is 17.8. The van der Waals surface area contributed by atoms with Crippen molar-refractivity contribution in [1.82, 2.24) is 15.5 Å². The van der Waals surface area contributed by atoms with Crippen molar-refractivity contribution in [2.45, 2.75) is 36.2 Å². The molecular formula is C15H16Cl2N4OS2. The van der Waals surface area contributed by atoms with Crippen LogP contribution >= 0.6 is 46.3 Å². The summed E-state index contributed by atoms with van der Waals surface area (Å²) in [6, 6.07) is 5.61. The molecule has 1 amide bonds. The molecule has 0 radical (unpaired) electrons. The summed E-state index contributed by atoms with van der Waals surface area (Å²) in [6.45, 7) is 1.89. The zero-order chi connectivity index (χ0) is 17.1. The number of amides is 1. The molecule has 1 aliphatic carbocycles. The van der Waals surface area contributed by atoms with Crippen LogP contribution in [0.2, 0.25) is 10.0 Å². The highest BCUT2D eigenvalue weighted by atomic mass is 35.5. The van der Waals surface area contributed by atoms with Crippen LogP contribution in [-0.2, 0) is 4.79 Å². The van der Waals surface area contributed by atoms with E-state index in [0.29, 0.717) is 16.1 Å². The van der Waals surface area contributed by atoms with Crippen molar-refractivity contribution < 1.29 is 4.79 Å². The molecule has 24 heavy (non-hydrogen) atoms. The lowest BCUT2D eigenvalue weighted by Crippen LogP contribution is -2.28. The van der Waals surface area contributed by atoms with E-state index in [0.717, 1.165) is 15.0 Å². The van der Waals surface area contributed by atoms with Gasteiger partial charge in [0.15, 0.2) is 4.34 Å². The van der Waals surface area contributed by atoms with Crippen LogP contribution in [0.1, 0.15) is 31.4 Å². The number of nitrogens with zero attached hydrogens (tertiary/aromatic N) is 2. The van der Waals surface area contributed by atoms with E-state index in [9.17, 15) is 4.79 Å².